The SMILES string of the molecule is CCN(CC)CCOCCNC(=O)Cc1c[nH]c2ccc(Cl)cc12. The first kappa shape index (κ1) is 18.8. The number of benzene rings is 1. The Balaban J connectivity index is 1.69. The van der Waals surface area contributed by atoms with Crippen LogP contribution in [0.3, 0.4) is 0 Å². The Morgan fingerprint density at radius 2 is 2.08 bits per heavy atom. The number of hydrogen-bond donors (Lipinski definition) is 2. The molecule has 0 spiro atoms. The van der Waals surface area contributed by atoms with Gasteiger partial charge in [-0.2, -0.15) is 0 Å². The standard InChI is InChI=1S/C18H26ClN3O2/c1-3-22(4-2)8-10-24-9-7-20-18(23)11-14-13-21-17-6-5-15(19)12-16(14)17/h5-6,12-13,21H,3-4,7-11H2,1-2H3,(H,20,23). The summed E-state index contributed by atoms with van der Waals surface area (Å²) >= 11 is 6.02. The molecule has 1 amide bonds. The van der Waals surface area contributed by atoms with Crippen LogP contribution in [-0.2, 0) is 16.0 Å². The van der Waals surface area contributed by atoms with Crippen LogP contribution >= 0.6 is 11.6 Å². The Morgan fingerprint density at radius 1 is 1.29 bits per heavy atom. The first-order valence-electron chi connectivity index (χ1n) is 8.46. The van der Waals surface area contributed by atoms with Gasteiger partial charge in [0.2, 0.25) is 5.91 Å². The van der Waals surface area contributed by atoms with Crippen LogP contribution in [0.4, 0.5) is 0 Å². The van der Waals surface area contributed by atoms with Crippen molar-refractivity contribution in [1.29, 1.82) is 0 Å². The molecule has 0 saturated heterocycles. The zero-order valence-corrected chi connectivity index (χ0v) is 15.2. The summed E-state index contributed by atoms with van der Waals surface area (Å²) < 4.78 is 5.56. The summed E-state index contributed by atoms with van der Waals surface area (Å²) in [5, 5.41) is 4.56. The molecule has 0 atom stereocenters. The molecular formula is C18H26ClN3O2. The number of likely N-dealkylation sites (N-methyl/N-ethyl adjacent to an activating group) is 1. The van der Waals surface area contributed by atoms with E-state index in [0.29, 0.717) is 31.2 Å². The number of nitrogens with zero attached hydrogens (tertiary/aromatic N) is 1. The van der Waals surface area contributed by atoms with Crippen LogP contribution in [0.25, 0.3) is 10.9 Å². The summed E-state index contributed by atoms with van der Waals surface area (Å²) in [6.07, 6.45) is 2.20. The molecule has 2 aromatic rings. The zero-order valence-electron chi connectivity index (χ0n) is 14.4. The highest BCUT2D eigenvalue weighted by Gasteiger charge is 2.09. The Labute approximate surface area is 148 Å². The van der Waals surface area contributed by atoms with E-state index >= 15 is 0 Å². The highest BCUT2D eigenvalue weighted by atomic mass is 35.5. The molecule has 0 bridgehead atoms. The number of fused-ring (bicyclic) bond motifs is 1. The number of ether oxygens (including phenoxy) is 1. The summed E-state index contributed by atoms with van der Waals surface area (Å²) in [4.78, 5) is 17.5. The lowest BCUT2D eigenvalue weighted by molar-refractivity contribution is -0.120. The fraction of sp³-hybridized carbons (Fsp3) is 0.500. The van der Waals surface area contributed by atoms with E-state index in [2.05, 4.69) is 29.0 Å². The molecule has 2 rings (SSSR count). The van der Waals surface area contributed by atoms with Crippen LogP contribution in [0, 0.1) is 0 Å². The van der Waals surface area contributed by atoms with Crippen molar-refractivity contribution < 1.29 is 9.53 Å². The maximum Gasteiger partial charge on any atom is 0.224 e. The van der Waals surface area contributed by atoms with Crippen LogP contribution in [-0.4, -0.2) is 55.2 Å². The second-order valence-electron chi connectivity index (χ2n) is 5.67. The van der Waals surface area contributed by atoms with E-state index in [1.807, 2.05) is 24.4 Å². The zero-order chi connectivity index (χ0) is 17.4. The Morgan fingerprint density at radius 3 is 2.83 bits per heavy atom. The van der Waals surface area contributed by atoms with Gasteiger partial charge in [-0.05, 0) is 36.9 Å². The minimum absolute atomic E-state index is 0.0109. The minimum Gasteiger partial charge on any atom is -0.378 e. The quantitative estimate of drug-likeness (QED) is 0.647. The maximum atomic E-state index is 12.1. The Bertz CT molecular complexity index is 653. The molecule has 0 unspecified atom stereocenters. The number of hydrogen-bond acceptors (Lipinski definition) is 3. The van der Waals surface area contributed by atoms with E-state index in [0.717, 1.165) is 36.1 Å². The molecule has 0 aliphatic heterocycles. The number of aromatic nitrogens is 1. The van der Waals surface area contributed by atoms with Crippen molar-refractivity contribution >= 4 is 28.4 Å². The largest absolute Gasteiger partial charge is 0.378 e. The average molecular weight is 352 g/mol. The molecule has 2 N–H and O–H groups in total. The second kappa shape index (κ2) is 9.67. The molecule has 0 fully saturated rings. The van der Waals surface area contributed by atoms with Gasteiger partial charge in [-0.1, -0.05) is 25.4 Å². The van der Waals surface area contributed by atoms with E-state index < -0.39 is 0 Å². The minimum atomic E-state index is -0.0109. The van der Waals surface area contributed by atoms with Gasteiger partial charge in [-0.3, -0.25) is 4.79 Å². The summed E-state index contributed by atoms with van der Waals surface area (Å²) in [7, 11) is 0. The van der Waals surface area contributed by atoms with Gasteiger partial charge in [-0.25, -0.2) is 0 Å². The lowest BCUT2D eigenvalue weighted by Gasteiger charge is -2.17. The third-order valence-electron chi connectivity index (χ3n) is 4.10. The molecule has 1 heterocycles. The predicted molar refractivity (Wildman–Crippen MR) is 98.6 cm³/mol. The number of amides is 1. The number of aromatic amines is 1. The molecule has 0 aliphatic carbocycles. The fourth-order valence-electron chi connectivity index (χ4n) is 2.63. The van der Waals surface area contributed by atoms with Gasteiger partial charge >= 0.3 is 0 Å². The van der Waals surface area contributed by atoms with E-state index in [4.69, 9.17) is 16.3 Å². The maximum absolute atomic E-state index is 12.1. The summed E-state index contributed by atoms with van der Waals surface area (Å²) in [6.45, 7) is 9.03. The number of carbonyl (C=O) groups excluding carboxylic acids is 1. The van der Waals surface area contributed by atoms with Gasteiger partial charge < -0.3 is 19.9 Å². The van der Waals surface area contributed by atoms with Gasteiger partial charge in [0.05, 0.1) is 19.6 Å². The second-order valence-corrected chi connectivity index (χ2v) is 6.11. The van der Waals surface area contributed by atoms with Gasteiger partial charge in [-0.15, -0.1) is 0 Å². The molecule has 0 radical (unpaired) electrons. The first-order valence-corrected chi connectivity index (χ1v) is 8.84. The van der Waals surface area contributed by atoms with Crippen LogP contribution in [0.15, 0.2) is 24.4 Å². The van der Waals surface area contributed by atoms with Gasteiger partial charge in [0.15, 0.2) is 0 Å². The summed E-state index contributed by atoms with van der Waals surface area (Å²) in [6, 6.07) is 5.63. The molecule has 1 aromatic heterocycles. The molecule has 6 heteroatoms. The number of rotatable bonds is 10. The van der Waals surface area contributed by atoms with Crippen LogP contribution in [0.2, 0.25) is 5.02 Å². The molecular weight excluding hydrogens is 326 g/mol. The highest BCUT2D eigenvalue weighted by Crippen LogP contribution is 2.22. The Hall–Kier alpha value is -1.56. The van der Waals surface area contributed by atoms with Crippen molar-refractivity contribution in [2.24, 2.45) is 0 Å². The van der Waals surface area contributed by atoms with Crippen molar-refractivity contribution in [1.82, 2.24) is 15.2 Å². The third kappa shape index (κ3) is 5.51. The van der Waals surface area contributed by atoms with Crippen LogP contribution in [0.5, 0.6) is 0 Å². The summed E-state index contributed by atoms with van der Waals surface area (Å²) in [5.74, 6) is -0.0109. The van der Waals surface area contributed by atoms with Crippen molar-refractivity contribution in [2.45, 2.75) is 20.3 Å². The van der Waals surface area contributed by atoms with Crippen LogP contribution in [0.1, 0.15) is 19.4 Å². The molecule has 0 saturated carbocycles. The average Bonchev–Trinajstić information content (AvgIpc) is 2.96. The number of H-pyrrole nitrogens is 1. The number of nitrogens with one attached hydrogen (secondary N) is 2. The van der Waals surface area contributed by atoms with Crippen molar-refractivity contribution in [3.8, 4) is 0 Å². The molecule has 132 valence electrons. The first-order chi connectivity index (χ1) is 11.6. The van der Waals surface area contributed by atoms with Gasteiger partial charge in [0.25, 0.3) is 0 Å². The smallest absolute Gasteiger partial charge is 0.224 e. The third-order valence-corrected chi connectivity index (χ3v) is 4.33. The number of carbonyl (C=O) groups is 1. The van der Waals surface area contributed by atoms with Gasteiger partial charge in [0.1, 0.15) is 0 Å². The lowest BCUT2D eigenvalue weighted by Crippen LogP contribution is -2.30. The predicted octanol–water partition coefficient (Wildman–Crippen LogP) is 2.84. The van der Waals surface area contributed by atoms with E-state index in [1.54, 1.807) is 0 Å². The monoisotopic (exact) mass is 351 g/mol. The Kier molecular flexibility index (Phi) is 7.56. The fourth-order valence-corrected chi connectivity index (χ4v) is 2.80. The van der Waals surface area contributed by atoms with E-state index in [-0.39, 0.29) is 5.91 Å². The molecule has 0 aliphatic rings. The van der Waals surface area contributed by atoms with E-state index in [1.165, 1.54) is 0 Å². The molecule has 24 heavy (non-hydrogen) atoms. The van der Waals surface area contributed by atoms with Crippen molar-refractivity contribution in [3.05, 3.63) is 35.0 Å². The van der Waals surface area contributed by atoms with Crippen molar-refractivity contribution in [3.63, 3.8) is 0 Å². The van der Waals surface area contributed by atoms with Crippen molar-refractivity contribution in [2.75, 3.05) is 39.4 Å². The molecule has 5 nitrogen and oxygen atoms in total. The van der Waals surface area contributed by atoms with E-state index in [9.17, 15) is 4.79 Å². The lowest BCUT2D eigenvalue weighted by atomic mass is 10.1. The summed E-state index contributed by atoms with van der Waals surface area (Å²) in [5.41, 5.74) is 1.94. The number of halogens is 1. The van der Waals surface area contributed by atoms with Gasteiger partial charge in [0, 0.05) is 35.2 Å². The topological polar surface area (TPSA) is 57.4 Å². The highest BCUT2D eigenvalue weighted by molar-refractivity contribution is 6.31. The van der Waals surface area contributed by atoms with Crippen LogP contribution < -0.4 is 5.32 Å². The molecule has 1 aromatic carbocycles. The normalized spacial score (nSPS) is 11.3.